The van der Waals surface area contributed by atoms with Gasteiger partial charge in [0.05, 0.1) is 12.7 Å². The van der Waals surface area contributed by atoms with Gasteiger partial charge in [-0.25, -0.2) is 4.39 Å². The molecule has 120 valence electrons. The highest BCUT2D eigenvalue weighted by Gasteiger charge is 2.28. The Hall–Kier alpha value is -2.11. The van der Waals surface area contributed by atoms with Gasteiger partial charge in [0.2, 0.25) is 5.91 Å². The molecule has 1 fully saturated rings. The number of amides is 2. The maximum Gasteiger partial charge on any atom is 0.256 e. The summed E-state index contributed by atoms with van der Waals surface area (Å²) in [6, 6.07) is 4.21. The van der Waals surface area contributed by atoms with E-state index in [1.807, 2.05) is 6.92 Å². The van der Waals surface area contributed by atoms with Gasteiger partial charge in [0, 0.05) is 31.6 Å². The number of hydrogen-bond donors (Lipinski definition) is 1. The van der Waals surface area contributed by atoms with Crippen LogP contribution in [0.2, 0.25) is 0 Å². The van der Waals surface area contributed by atoms with E-state index in [0.29, 0.717) is 38.2 Å². The number of methoxy groups -OCH3 is 1. The smallest absolute Gasteiger partial charge is 0.256 e. The molecule has 0 radical (unpaired) electrons. The number of benzene rings is 1. The Balaban J connectivity index is 1.99. The minimum absolute atomic E-state index is 0.0326. The van der Waals surface area contributed by atoms with Crippen LogP contribution >= 0.6 is 0 Å². The van der Waals surface area contributed by atoms with Crippen molar-refractivity contribution in [2.45, 2.75) is 19.8 Å². The molecular weight excluding hydrogens is 287 g/mol. The van der Waals surface area contributed by atoms with Gasteiger partial charge in [-0.1, -0.05) is 0 Å². The van der Waals surface area contributed by atoms with Crippen LogP contribution in [0.1, 0.15) is 30.1 Å². The number of carbonyl (C=O) groups excluding carboxylic acids is 2. The predicted molar refractivity (Wildman–Crippen MR) is 80.3 cm³/mol. The van der Waals surface area contributed by atoms with Crippen LogP contribution in [0.3, 0.4) is 0 Å². The van der Waals surface area contributed by atoms with Gasteiger partial charge in [0.25, 0.3) is 5.91 Å². The van der Waals surface area contributed by atoms with Crippen molar-refractivity contribution in [3.63, 3.8) is 0 Å². The number of ether oxygens (including phenoxy) is 1. The minimum Gasteiger partial charge on any atom is -0.497 e. The Morgan fingerprint density at radius 2 is 2.05 bits per heavy atom. The average molecular weight is 308 g/mol. The van der Waals surface area contributed by atoms with Crippen LogP contribution < -0.4 is 10.1 Å². The van der Waals surface area contributed by atoms with E-state index in [1.54, 1.807) is 11.0 Å². The molecule has 1 aliphatic heterocycles. The zero-order valence-corrected chi connectivity index (χ0v) is 12.9. The van der Waals surface area contributed by atoms with Crippen LogP contribution in [0.4, 0.5) is 4.39 Å². The van der Waals surface area contributed by atoms with Crippen LogP contribution in [0, 0.1) is 11.7 Å². The first-order chi connectivity index (χ1) is 10.6. The first-order valence-electron chi connectivity index (χ1n) is 7.47. The van der Waals surface area contributed by atoms with Crippen molar-refractivity contribution in [2.75, 3.05) is 26.7 Å². The number of piperidine rings is 1. The molecule has 2 amide bonds. The lowest BCUT2D eigenvalue weighted by Crippen LogP contribution is -2.43. The Morgan fingerprint density at radius 3 is 2.59 bits per heavy atom. The zero-order chi connectivity index (χ0) is 16.1. The molecule has 1 aliphatic rings. The number of nitrogens with zero attached hydrogens (tertiary/aromatic N) is 1. The standard InChI is InChI=1S/C16H21FN2O3/c1-3-18-15(20)11-6-8-19(9-7-11)16(21)13-5-4-12(22-2)10-14(13)17/h4-5,10-11H,3,6-9H2,1-2H3,(H,18,20). The lowest BCUT2D eigenvalue weighted by Gasteiger charge is -2.31. The molecule has 5 nitrogen and oxygen atoms in total. The molecule has 6 heteroatoms. The molecule has 0 spiro atoms. The number of carbonyl (C=O) groups is 2. The maximum atomic E-state index is 14.0. The van der Waals surface area contributed by atoms with E-state index in [2.05, 4.69) is 5.32 Å². The van der Waals surface area contributed by atoms with Gasteiger partial charge in [-0.2, -0.15) is 0 Å². The van der Waals surface area contributed by atoms with Crippen LogP contribution in [0.15, 0.2) is 18.2 Å². The summed E-state index contributed by atoms with van der Waals surface area (Å²) in [4.78, 5) is 25.7. The third-order valence-electron chi connectivity index (χ3n) is 3.91. The minimum atomic E-state index is -0.588. The highest BCUT2D eigenvalue weighted by atomic mass is 19.1. The molecule has 0 saturated carbocycles. The lowest BCUT2D eigenvalue weighted by molar-refractivity contribution is -0.126. The van der Waals surface area contributed by atoms with Crippen molar-refractivity contribution in [3.05, 3.63) is 29.6 Å². The lowest BCUT2D eigenvalue weighted by atomic mass is 9.95. The first-order valence-corrected chi connectivity index (χ1v) is 7.47. The van der Waals surface area contributed by atoms with E-state index in [0.717, 1.165) is 0 Å². The van der Waals surface area contributed by atoms with Crippen molar-refractivity contribution in [1.82, 2.24) is 10.2 Å². The molecule has 22 heavy (non-hydrogen) atoms. The third-order valence-corrected chi connectivity index (χ3v) is 3.91. The summed E-state index contributed by atoms with van der Waals surface area (Å²) in [6.45, 7) is 3.41. The number of hydrogen-bond acceptors (Lipinski definition) is 3. The van der Waals surface area contributed by atoms with Gasteiger partial charge in [-0.15, -0.1) is 0 Å². The van der Waals surface area contributed by atoms with Gasteiger partial charge in [0.1, 0.15) is 11.6 Å². The Labute approximate surface area is 129 Å². The number of nitrogens with one attached hydrogen (secondary N) is 1. The predicted octanol–water partition coefficient (Wildman–Crippen LogP) is 1.82. The van der Waals surface area contributed by atoms with Crippen molar-refractivity contribution in [2.24, 2.45) is 5.92 Å². The summed E-state index contributed by atoms with van der Waals surface area (Å²) in [6.07, 6.45) is 1.21. The van der Waals surface area contributed by atoms with E-state index in [9.17, 15) is 14.0 Å². The molecule has 1 heterocycles. The van der Waals surface area contributed by atoms with Crippen molar-refractivity contribution >= 4 is 11.8 Å². The summed E-state index contributed by atoms with van der Waals surface area (Å²) >= 11 is 0. The molecule has 2 rings (SSSR count). The van der Waals surface area contributed by atoms with Gasteiger partial charge >= 0.3 is 0 Å². The third kappa shape index (κ3) is 3.55. The van der Waals surface area contributed by atoms with Crippen LogP contribution in [0.5, 0.6) is 5.75 Å². The molecule has 1 aromatic carbocycles. The highest BCUT2D eigenvalue weighted by Crippen LogP contribution is 2.22. The molecule has 0 unspecified atom stereocenters. The summed E-state index contributed by atoms with van der Waals surface area (Å²) in [7, 11) is 1.45. The van der Waals surface area contributed by atoms with Gasteiger partial charge in [-0.3, -0.25) is 9.59 Å². The Bertz CT molecular complexity index is 554. The van der Waals surface area contributed by atoms with Crippen LogP contribution in [-0.2, 0) is 4.79 Å². The summed E-state index contributed by atoms with van der Waals surface area (Å²) < 4.78 is 18.9. The largest absolute Gasteiger partial charge is 0.497 e. The van der Waals surface area contributed by atoms with Gasteiger partial charge in [-0.05, 0) is 31.9 Å². The summed E-state index contributed by atoms with van der Waals surface area (Å²) in [5.41, 5.74) is 0.0391. The maximum absolute atomic E-state index is 14.0. The SMILES string of the molecule is CCNC(=O)C1CCN(C(=O)c2ccc(OC)cc2F)CC1. The molecular formula is C16H21FN2O3. The van der Waals surface area contributed by atoms with Crippen molar-refractivity contribution < 1.29 is 18.7 Å². The fourth-order valence-corrected chi connectivity index (χ4v) is 2.63. The molecule has 0 aliphatic carbocycles. The fourth-order valence-electron chi connectivity index (χ4n) is 2.63. The normalized spacial score (nSPS) is 15.5. The van der Waals surface area contributed by atoms with Crippen molar-refractivity contribution in [3.8, 4) is 5.75 Å². The van der Waals surface area contributed by atoms with E-state index < -0.39 is 5.82 Å². The van der Waals surface area contributed by atoms with E-state index in [4.69, 9.17) is 4.74 Å². The number of halogens is 1. The second kappa shape index (κ2) is 7.24. The molecule has 1 aromatic rings. The second-order valence-corrected chi connectivity index (χ2v) is 5.31. The van der Waals surface area contributed by atoms with Gasteiger partial charge in [0.15, 0.2) is 0 Å². The van der Waals surface area contributed by atoms with Crippen molar-refractivity contribution in [1.29, 1.82) is 0 Å². The molecule has 0 bridgehead atoms. The molecule has 0 aromatic heterocycles. The number of rotatable bonds is 4. The Morgan fingerprint density at radius 1 is 1.36 bits per heavy atom. The summed E-state index contributed by atoms with van der Waals surface area (Å²) in [5.74, 6) is -0.580. The topological polar surface area (TPSA) is 58.6 Å². The second-order valence-electron chi connectivity index (χ2n) is 5.31. The van der Waals surface area contributed by atoms with Gasteiger partial charge < -0.3 is 15.0 Å². The number of likely N-dealkylation sites (tertiary alicyclic amines) is 1. The Kier molecular flexibility index (Phi) is 5.35. The van der Waals surface area contributed by atoms with E-state index in [1.165, 1.54) is 19.2 Å². The average Bonchev–Trinajstić information content (AvgIpc) is 2.54. The molecule has 0 atom stereocenters. The highest BCUT2D eigenvalue weighted by molar-refractivity contribution is 5.94. The monoisotopic (exact) mass is 308 g/mol. The van der Waals surface area contributed by atoms with E-state index >= 15 is 0 Å². The molecule has 1 N–H and O–H groups in total. The van der Waals surface area contributed by atoms with Crippen LogP contribution in [-0.4, -0.2) is 43.5 Å². The first kappa shape index (κ1) is 16.3. The quantitative estimate of drug-likeness (QED) is 0.923. The van der Waals surface area contributed by atoms with Crippen LogP contribution in [0.25, 0.3) is 0 Å². The molecule has 1 saturated heterocycles. The summed E-state index contributed by atoms with van der Waals surface area (Å²) in [5, 5.41) is 2.80. The van der Waals surface area contributed by atoms with E-state index in [-0.39, 0.29) is 23.3 Å². The fraction of sp³-hybridized carbons (Fsp3) is 0.500. The zero-order valence-electron chi connectivity index (χ0n) is 12.9.